The minimum Gasteiger partial charge on any atom is -0.389 e. The summed E-state index contributed by atoms with van der Waals surface area (Å²) in [6.45, 7) is 3.46. The van der Waals surface area contributed by atoms with E-state index < -0.39 is 6.10 Å². The predicted molar refractivity (Wildman–Crippen MR) is 107 cm³/mol. The summed E-state index contributed by atoms with van der Waals surface area (Å²) in [6, 6.07) is 0.294. The number of nitrogens with zero attached hydrogens (tertiary/aromatic N) is 1. The Kier molecular flexibility index (Phi) is 7.26. The first kappa shape index (κ1) is 20.6. The highest BCUT2D eigenvalue weighted by Crippen LogP contribution is 2.31. The highest BCUT2D eigenvalue weighted by molar-refractivity contribution is 5.76. The van der Waals surface area contributed by atoms with Crippen molar-refractivity contribution in [3.63, 3.8) is 0 Å². The third-order valence-electron chi connectivity index (χ3n) is 7.00. The first-order valence-corrected chi connectivity index (χ1v) is 11.6. The summed E-state index contributed by atoms with van der Waals surface area (Å²) in [5, 5.41) is 13.4. The van der Waals surface area contributed by atoms with Gasteiger partial charge in [0.05, 0.1) is 37.9 Å². The maximum absolute atomic E-state index is 12.2. The Labute approximate surface area is 169 Å². The smallest absolute Gasteiger partial charge is 0.222 e. The first-order valence-electron chi connectivity index (χ1n) is 11.6. The average Bonchev–Trinajstić information content (AvgIpc) is 3.50. The van der Waals surface area contributed by atoms with Crippen molar-refractivity contribution < 1.29 is 19.4 Å². The number of hydrogen-bond acceptors (Lipinski definition) is 5. The van der Waals surface area contributed by atoms with E-state index in [2.05, 4.69) is 10.2 Å². The Balaban J connectivity index is 1.32. The van der Waals surface area contributed by atoms with Gasteiger partial charge in [0.25, 0.3) is 0 Å². The molecule has 0 aromatic rings. The minimum atomic E-state index is -0.421. The molecule has 1 amide bonds. The monoisotopic (exact) mass is 394 g/mol. The number of nitrogens with one attached hydrogen (secondary N) is 1. The fourth-order valence-electron chi connectivity index (χ4n) is 5.22. The van der Waals surface area contributed by atoms with Gasteiger partial charge in [-0.25, -0.2) is 0 Å². The number of ether oxygens (including phenoxy) is 2. The summed E-state index contributed by atoms with van der Waals surface area (Å²) in [5.41, 5.74) is 0. The quantitative estimate of drug-likeness (QED) is 0.722. The lowest BCUT2D eigenvalue weighted by atomic mass is 9.87. The van der Waals surface area contributed by atoms with Crippen molar-refractivity contribution >= 4 is 5.91 Å². The van der Waals surface area contributed by atoms with Crippen LogP contribution < -0.4 is 5.32 Å². The predicted octanol–water partition coefficient (Wildman–Crippen LogP) is 2.09. The molecule has 2 heterocycles. The largest absolute Gasteiger partial charge is 0.389 e. The van der Waals surface area contributed by atoms with Crippen LogP contribution in [-0.2, 0) is 14.3 Å². The molecular formula is C22H38N2O4. The second kappa shape index (κ2) is 9.88. The molecule has 2 aliphatic heterocycles. The van der Waals surface area contributed by atoms with Gasteiger partial charge in [-0.3, -0.25) is 9.69 Å². The van der Waals surface area contributed by atoms with Crippen LogP contribution >= 0.6 is 0 Å². The van der Waals surface area contributed by atoms with E-state index in [-0.39, 0.29) is 18.1 Å². The molecule has 0 radical (unpaired) electrons. The molecule has 2 aliphatic carbocycles. The van der Waals surface area contributed by atoms with Gasteiger partial charge >= 0.3 is 0 Å². The Bertz CT molecular complexity index is 507. The van der Waals surface area contributed by atoms with E-state index in [1.165, 1.54) is 44.9 Å². The summed E-state index contributed by atoms with van der Waals surface area (Å²) in [7, 11) is 0. The van der Waals surface area contributed by atoms with Crippen LogP contribution in [0.5, 0.6) is 0 Å². The zero-order chi connectivity index (χ0) is 19.3. The number of carbonyl (C=O) groups excluding carboxylic acids is 1. The molecule has 2 saturated carbocycles. The van der Waals surface area contributed by atoms with Crippen LogP contribution in [0.2, 0.25) is 0 Å². The highest BCUT2D eigenvalue weighted by atomic mass is 16.5. The molecule has 0 bridgehead atoms. The van der Waals surface area contributed by atoms with E-state index in [1.807, 2.05) is 0 Å². The highest BCUT2D eigenvalue weighted by Gasteiger charge is 2.38. The van der Waals surface area contributed by atoms with Crippen LogP contribution in [0.25, 0.3) is 0 Å². The third-order valence-corrected chi connectivity index (χ3v) is 7.00. The number of fused-ring (bicyclic) bond motifs is 1. The number of amides is 1. The molecule has 0 aromatic carbocycles. The fourth-order valence-corrected chi connectivity index (χ4v) is 5.22. The van der Waals surface area contributed by atoms with Crippen LogP contribution in [0.4, 0.5) is 0 Å². The van der Waals surface area contributed by atoms with Gasteiger partial charge in [0.1, 0.15) is 0 Å². The molecule has 0 spiro atoms. The Hall–Kier alpha value is -0.690. The van der Waals surface area contributed by atoms with E-state index in [1.54, 1.807) is 0 Å². The SMILES string of the molecule is O=C(C[C@@H]1CC[C@H]2[C@@H](COC[C@@H](O)CN2CC2CCCCC2)O1)NCC1CC1. The third kappa shape index (κ3) is 5.91. The standard InChI is InChI=1S/C22H38N2O4/c25-18-13-24(12-17-4-2-1-3-5-17)20-9-8-19(28-21(20)15-27-14-18)10-22(26)23-11-16-6-7-16/h16-21,25H,1-15H2,(H,23,26)/t18-,19-,20-,21+/m0/s1. The molecule has 160 valence electrons. The summed E-state index contributed by atoms with van der Waals surface area (Å²) in [5.74, 6) is 1.57. The molecule has 6 nitrogen and oxygen atoms in total. The molecular weight excluding hydrogens is 356 g/mol. The topological polar surface area (TPSA) is 71.0 Å². The van der Waals surface area contributed by atoms with Gasteiger partial charge in [0.2, 0.25) is 5.91 Å². The van der Waals surface area contributed by atoms with Gasteiger partial charge in [-0.05, 0) is 50.4 Å². The van der Waals surface area contributed by atoms with Crippen LogP contribution in [0.3, 0.4) is 0 Å². The van der Waals surface area contributed by atoms with E-state index in [9.17, 15) is 9.90 Å². The fraction of sp³-hybridized carbons (Fsp3) is 0.955. The summed E-state index contributed by atoms with van der Waals surface area (Å²) < 4.78 is 12.1. The molecule has 4 fully saturated rings. The minimum absolute atomic E-state index is 0.00562. The summed E-state index contributed by atoms with van der Waals surface area (Å²) in [6.07, 6.45) is 11.1. The van der Waals surface area contributed by atoms with Gasteiger partial charge in [-0.2, -0.15) is 0 Å². The average molecular weight is 395 g/mol. The van der Waals surface area contributed by atoms with E-state index in [4.69, 9.17) is 9.47 Å². The van der Waals surface area contributed by atoms with Crippen molar-refractivity contribution in [3.05, 3.63) is 0 Å². The van der Waals surface area contributed by atoms with Gasteiger partial charge in [-0.1, -0.05) is 19.3 Å². The van der Waals surface area contributed by atoms with Crippen LogP contribution in [0.15, 0.2) is 0 Å². The Morgan fingerprint density at radius 3 is 2.61 bits per heavy atom. The molecule has 28 heavy (non-hydrogen) atoms. The number of β-amino-alcohol motifs (C(OH)–C–C–N with tert-alkyl or cyclic N) is 1. The second-order valence-corrected chi connectivity index (χ2v) is 9.54. The molecule has 0 aromatic heterocycles. The molecule has 0 unspecified atom stereocenters. The number of carbonyl (C=O) groups is 1. The zero-order valence-electron chi connectivity index (χ0n) is 17.2. The number of rotatable bonds is 6. The van der Waals surface area contributed by atoms with Crippen LogP contribution in [0, 0.1) is 11.8 Å². The Morgan fingerprint density at radius 2 is 1.82 bits per heavy atom. The lowest BCUT2D eigenvalue weighted by molar-refractivity contribution is -0.158. The van der Waals surface area contributed by atoms with E-state index in [0.29, 0.717) is 38.1 Å². The van der Waals surface area contributed by atoms with Crippen LogP contribution in [0.1, 0.15) is 64.2 Å². The van der Waals surface area contributed by atoms with Crippen molar-refractivity contribution in [1.82, 2.24) is 10.2 Å². The van der Waals surface area contributed by atoms with Crippen molar-refractivity contribution in [2.24, 2.45) is 11.8 Å². The lowest BCUT2D eigenvalue weighted by Gasteiger charge is -2.45. The number of aliphatic hydroxyl groups is 1. The Morgan fingerprint density at radius 1 is 1.00 bits per heavy atom. The number of hydrogen-bond donors (Lipinski definition) is 2. The molecule has 6 heteroatoms. The summed E-state index contributed by atoms with van der Waals surface area (Å²) >= 11 is 0. The van der Waals surface area contributed by atoms with Crippen molar-refractivity contribution in [2.75, 3.05) is 32.8 Å². The summed E-state index contributed by atoms with van der Waals surface area (Å²) in [4.78, 5) is 14.7. The van der Waals surface area contributed by atoms with Gasteiger partial charge < -0.3 is 19.9 Å². The molecule has 2 saturated heterocycles. The van der Waals surface area contributed by atoms with Gasteiger partial charge in [-0.15, -0.1) is 0 Å². The maximum atomic E-state index is 12.2. The van der Waals surface area contributed by atoms with Crippen molar-refractivity contribution in [2.45, 2.75) is 88.6 Å². The maximum Gasteiger partial charge on any atom is 0.222 e. The molecule has 4 atom stereocenters. The van der Waals surface area contributed by atoms with E-state index >= 15 is 0 Å². The molecule has 2 N–H and O–H groups in total. The van der Waals surface area contributed by atoms with E-state index in [0.717, 1.165) is 31.8 Å². The lowest BCUT2D eigenvalue weighted by Crippen LogP contribution is -2.56. The molecule has 4 rings (SSSR count). The molecule has 4 aliphatic rings. The zero-order valence-corrected chi connectivity index (χ0v) is 17.2. The normalized spacial score (nSPS) is 35.6. The second-order valence-electron chi connectivity index (χ2n) is 9.54. The van der Waals surface area contributed by atoms with Gasteiger partial charge in [0.15, 0.2) is 0 Å². The number of aliphatic hydroxyl groups excluding tert-OH is 1. The van der Waals surface area contributed by atoms with Crippen molar-refractivity contribution in [1.29, 1.82) is 0 Å². The van der Waals surface area contributed by atoms with Crippen LogP contribution in [-0.4, -0.2) is 73.1 Å². The first-order chi connectivity index (χ1) is 13.7. The van der Waals surface area contributed by atoms with Crippen molar-refractivity contribution in [3.8, 4) is 0 Å². The van der Waals surface area contributed by atoms with Gasteiger partial charge in [0, 0.05) is 25.7 Å².